The summed E-state index contributed by atoms with van der Waals surface area (Å²) in [5.74, 6) is 0.682. The highest BCUT2D eigenvalue weighted by molar-refractivity contribution is 7.98. The molecule has 6 heteroatoms. The van der Waals surface area contributed by atoms with Gasteiger partial charge in [0, 0.05) is 27.5 Å². The zero-order valence-electron chi connectivity index (χ0n) is 15.2. The molecule has 0 fully saturated rings. The molecule has 0 unspecified atom stereocenters. The van der Waals surface area contributed by atoms with Crippen molar-refractivity contribution >= 4 is 44.3 Å². The summed E-state index contributed by atoms with van der Waals surface area (Å²) in [5, 5.41) is 3.25. The van der Waals surface area contributed by atoms with Gasteiger partial charge in [-0.3, -0.25) is 0 Å². The minimum Gasteiger partial charge on any atom is -0.423 e. The van der Waals surface area contributed by atoms with Crippen molar-refractivity contribution in [2.45, 2.75) is 43.9 Å². The smallest absolute Gasteiger partial charge is 0.336 e. The van der Waals surface area contributed by atoms with E-state index in [1.807, 2.05) is 13.0 Å². The fraction of sp³-hybridized carbons (Fsp3) is 0.286. The Morgan fingerprint density at radius 2 is 2.00 bits per heavy atom. The van der Waals surface area contributed by atoms with Crippen molar-refractivity contribution in [2.75, 3.05) is 0 Å². The van der Waals surface area contributed by atoms with E-state index in [1.54, 1.807) is 35.5 Å². The zero-order chi connectivity index (χ0) is 18.5. The van der Waals surface area contributed by atoms with Crippen LogP contribution in [0.25, 0.3) is 21.2 Å². The minimum absolute atomic E-state index is 0.300. The second-order valence-corrected chi connectivity index (χ2v) is 9.08. The number of fused-ring (bicyclic) bond motifs is 4. The van der Waals surface area contributed by atoms with Crippen LogP contribution in [-0.4, -0.2) is 9.97 Å². The van der Waals surface area contributed by atoms with Gasteiger partial charge in [0.2, 0.25) is 0 Å². The number of nitrogens with zero attached hydrogens (tertiary/aromatic N) is 2. The minimum atomic E-state index is -0.300. The Kier molecular flexibility index (Phi) is 4.06. The van der Waals surface area contributed by atoms with Gasteiger partial charge in [-0.25, -0.2) is 14.8 Å². The molecule has 4 nitrogen and oxygen atoms in total. The largest absolute Gasteiger partial charge is 0.423 e. The van der Waals surface area contributed by atoms with E-state index in [-0.39, 0.29) is 5.63 Å². The van der Waals surface area contributed by atoms with Crippen LogP contribution in [-0.2, 0) is 18.6 Å². The fourth-order valence-electron chi connectivity index (χ4n) is 3.76. The van der Waals surface area contributed by atoms with E-state index in [2.05, 4.69) is 23.0 Å². The summed E-state index contributed by atoms with van der Waals surface area (Å²) in [7, 11) is 0. The van der Waals surface area contributed by atoms with Crippen molar-refractivity contribution in [2.24, 2.45) is 0 Å². The second-order valence-electron chi connectivity index (χ2n) is 7.03. The number of thioether (sulfide) groups is 1. The van der Waals surface area contributed by atoms with Crippen LogP contribution in [0.15, 0.2) is 38.8 Å². The van der Waals surface area contributed by atoms with Gasteiger partial charge in [-0.2, -0.15) is 0 Å². The standard InChI is InChI=1S/C21H18N2O2S2/c1-11-6-15-13(8-18(24)25-16(15)7-12(11)2)9-26-20-19-14-4-3-5-17(14)27-21(19)23-10-22-20/h6-8,10H,3-5,9H2,1-2H3. The molecule has 4 aromatic rings. The summed E-state index contributed by atoms with van der Waals surface area (Å²) in [6, 6.07) is 5.68. The Balaban J connectivity index is 1.57. The number of aromatic nitrogens is 2. The number of hydrogen-bond donors (Lipinski definition) is 0. The first-order valence-electron chi connectivity index (χ1n) is 9.02. The van der Waals surface area contributed by atoms with Gasteiger partial charge in [0.05, 0.1) is 0 Å². The molecule has 5 rings (SSSR count). The van der Waals surface area contributed by atoms with Gasteiger partial charge >= 0.3 is 5.63 Å². The SMILES string of the molecule is Cc1cc2oc(=O)cc(CSc3ncnc4sc5c(c34)CCC5)c2cc1C. The topological polar surface area (TPSA) is 56.0 Å². The van der Waals surface area contributed by atoms with Gasteiger partial charge in [0.1, 0.15) is 21.8 Å². The second kappa shape index (κ2) is 6.46. The number of hydrogen-bond acceptors (Lipinski definition) is 6. The van der Waals surface area contributed by atoms with Crippen LogP contribution >= 0.6 is 23.1 Å². The Morgan fingerprint density at radius 1 is 1.15 bits per heavy atom. The molecular weight excluding hydrogens is 376 g/mol. The van der Waals surface area contributed by atoms with Gasteiger partial charge in [-0.05, 0) is 67.5 Å². The number of thiophene rings is 1. The van der Waals surface area contributed by atoms with E-state index in [4.69, 9.17) is 4.42 Å². The number of benzene rings is 1. The van der Waals surface area contributed by atoms with Gasteiger partial charge in [-0.15, -0.1) is 23.1 Å². The molecule has 0 bridgehead atoms. The quantitative estimate of drug-likeness (QED) is 0.272. The predicted molar refractivity (Wildman–Crippen MR) is 111 cm³/mol. The van der Waals surface area contributed by atoms with Crippen molar-refractivity contribution in [1.82, 2.24) is 9.97 Å². The van der Waals surface area contributed by atoms with Crippen LogP contribution in [0.3, 0.4) is 0 Å². The molecule has 136 valence electrons. The van der Waals surface area contributed by atoms with Crippen LogP contribution in [0.2, 0.25) is 0 Å². The molecule has 1 aliphatic carbocycles. The molecule has 0 saturated carbocycles. The lowest BCUT2D eigenvalue weighted by Gasteiger charge is -2.08. The first-order valence-corrected chi connectivity index (χ1v) is 10.8. The highest BCUT2D eigenvalue weighted by Crippen LogP contribution is 2.40. The van der Waals surface area contributed by atoms with E-state index in [0.717, 1.165) is 39.2 Å². The average molecular weight is 395 g/mol. The molecule has 27 heavy (non-hydrogen) atoms. The molecule has 0 saturated heterocycles. The van der Waals surface area contributed by atoms with Crippen LogP contribution in [0, 0.1) is 13.8 Å². The van der Waals surface area contributed by atoms with E-state index in [1.165, 1.54) is 27.8 Å². The van der Waals surface area contributed by atoms with Crippen molar-refractivity contribution in [3.8, 4) is 0 Å². The molecule has 1 aromatic carbocycles. The Hall–Kier alpha value is -2.18. The van der Waals surface area contributed by atoms with Gasteiger partial charge in [0.25, 0.3) is 0 Å². The van der Waals surface area contributed by atoms with Crippen molar-refractivity contribution < 1.29 is 4.42 Å². The molecule has 0 N–H and O–H groups in total. The molecule has 0 spiro atoms. The zero-order valence-corrected chi connectivity index (χ0v) is 16.8. The first kappa shape index (κ1) is 17.0. The lowest BCUT2D eigenvalue weighted by Crippen LogP contribution is -2.01. The average Bonchev–Trinajstić information content (AvgIpc) is 3.22. The third-order valence-electron chi connectivity index (χ3n) is 5.28. The maximum Gasteiger partial charge on any atom is 0.336 e. The Bertz CT molecular complexity index is 1260. The molecular formula is C21H18N2O2S2. The molecule has 3 aromatic heterocycles. The third-order valence-corrected chi connectivity index (χ3v) is 7.51. The van der Waals surface area contributed by atoms with Crippen LogP contribution in [0.5, 0.6) is 0 Å². The summed E-state index contributed by atoms with van der Waals surface area (Å²) in [4.78, 5) is 23.6. The number of aryl methyl sites for hydroxylation is 4. The predicted octanol–water partition coefficient (Wildman–Crippen LogP) is 5.20. The molecule has 1 aliphatic rings. The number of rotatable bonds is 3. The van der Waals surface area contributed by atoms with Crippen molar-refractivity contribution in [3.05, 3.63) is 62.1 Å². The molecule has 0 amide bonds. The summed E-state index contributed by atoms with van der Waals surface area (Å²) in [6.07, 6.45) is 5.15. The molecule has 0 aliphatic heterocycles. The van der Waals surface area contributed by atoms with Crippen LogP contribution in [0.4, 0.5) is 0 Å². The Labute approximate surface area is 164 Å². The monoisotopic (exact) mass is 394 g/mol. The lowest BCUT2D eigenvalue weighted by molar-refractivity contribution is 0.559. The van der Waals surface area contributed by atoms with Gasteiger partial charge in [0.15, 0.2) is 0 Å². The molecule has 3 heterocycles. The van der Waals surface area contributed by atoms with E-state index >= 15 is 0 Å². The highest BCUT2D eigenvalue weighted by Gasteiger charge is 2.21. The van der Waals surface area contributed by atoms with Crippen LogP contribution in [0.1, 0.15) is 33.6 Å². The summed E-state index contributed by atoms with van der Waals surface area (Å²) >= 11 is 3.48. The summed E-state index contributed by atoms with van der Waals surface area (Å²) in [5.41, 5.74) is 5.11. The third kappa shape index (κ3) is 2.87. The lowest BCUT2D eigenvalue weighted by atomic mass is 10.0. The van der Waals surface area contributed by atoms with Crippen molar-refractivity contribution in [3.63, 3.8) is 0 Å². The summed E-state index contributed by atoms with van der Waals surface area (Å²) in [6.45, 7) is 4.12. The van der Waals surface area contributed by atoms with E-state index in [9.17, 15) is 4.79 Å². The first-order chi connectivity index (χ1) is 13.1. The molecule has 0 radical (unpaired) electrons. The van der Waals surface area contributed by atoms with Gasteiger partial charge in [-0.1, -0.05) is 0 Å². The maximum atomic E-state index is 12.0. The summed E-state index contributed by atoms with van der Waals surface area (Å²) < 4.78 is 5.42. The van der Waals surface area contributed by atoms with Gasteiger partial charge < -0.3 is 4.42 Å². The maximum absolute atomic E-state index is 12.0. The van der Waals surface area contributed by atoms with E-state index < -0.39 is 0 Å². The fourth-order valence-corrected chi connectivity index (χ4v) is 6.07. The Morgan fingerprint density at radius 3 is 2.89 bits per heavy atom. The van der Waals surface area contributed by atoms with E-state index in [0.29, 0.717) is 11.3 Å². The highest BCUT2D eigenvalue weighted by atomic mass is 32.2. The van der Waals surface area contributed by atoms with Crippen LogP contribution < -0.4 is 5.63 Å². The molecule has 0 atom stereocenters. The normalized spacial score (nSPS) is 13.6. The van der Waals surface area contributed by atoms with Crippen molar-refractivity contribution in [1.29, 1.82) is 0 Å².